The van der Waals surface area contributed by atoms with Crippen LogP contribution in [-0.4, -0.2) is 39.6 Å². The fourth-order valence-electron chi connectivity index (χ4n) is 2.38. The van der Waals surface area contributed by atoms with Gasteiger partial charge in [0.25, 0.3) is 0 Å². The van der Waals surface area contributed by atoms with Gasteiger partial charge >= 0.3 is 5.97 Å². The second-order valence-electron chi connectivity index (χ2n) is 5.40. The van der Waals surface area contributed by atoms with Crippen LogP contribution in [0.4, 0.5) is 0 Å². The molecule has 28 heavy (non-hydrogen) atoms. The summed E-state index contributed by atoms with van der Waals surface area (Å²) < 4.78 is 37.2. The van der Waals surface area contributed by atoms with Crippen molar-refractivity contribution in [3.63, 3.8) is 0 Å². The summed E-state index contributed by atoms with van der Waals surface area (Å²) >= 11 is 0.999. The zero-order valence-electron chi connectivity index (χ0n) is 14.8. The summed E-state index contributed by atoms with van der Waals surface area (Å²) in [4.78, 5) is 15.8. The maximum Gasteiger partial charge on any atom is 0.349 e. The minimum atomic E-state index is -3.86. The van der Waals surface area contributed by atoms with E-state index in [4.69, 9.17) is 4.74 Å². The van der Waals surface area contributed by atoms with E-state index in [1.807, 2.05) is 24.3 Å². The van der Waals surface area contributed by atoms with Gasteiger partial charge in [0.1, 0.15) is 27.6 Å². The van der Waals surface area contributed by atoms with Crippen LogP contribution in [0.3, 0.4) is 0 Å². The number of ether oxygens (including phenoxy) is 2. The Morgan fingerprint density at radius 2 is 2.04 bits per heavy atom. The first-order chi connectivity index (χ1) is 13.5. The van der Waals surface area contributed by atoms with E-state index in [-0.39, 0.29) is 22.9 Å². The van der Waals surface area contributed by atoms with Crippen LogP contribution in [0, 0.1) is 11.8 Å². The van der Waals surface area contributed by atoms with E-state index in [0.717, 1.165) is 22.2 Å². The summed E-state index contributed by atoms with van der Waals surface area (Å²) in [6, 6.07) is 10.7. The van der Waals surface area contributed by atoms with Gasteiger partial charge in [-0.15, -0.1) is 11.3 Å². The molecule has 0 aliphatic heterocycles. The monoisotopic (exact) mass is 416 g/mol. The van der Waals surface area contributed by atoms with Crippen molar-refractivity contribution < 1.29 is 22.7 Å². The van der Waals surface area contributed by atoms with Crippen molar-refractivity contribution in [1.29, 1.82) is 0 Å². The molecule has 0 unspecified atom stereocenters. The Morgan fingerprint density at radius 3 is 2.86 bits per heavy atom. The van der Waals surface area contributed by atoms with E-state index in [9.17, 15) is 13.2 Å². The number of methoxy groups -OCH3 is 1. The Labute approximate surface area is 166 Å². The van der Waals surface area contributed by atoms with Gasteiger partial charge < -0.3 is 9.47 Å². The zero-order chi connectivity index (χ0) is 20.0. The third kappa shape index (κ3) is 4.48. The number of thiophene rings is 1. The third-order valence-corrected chi connectivity index (χ3v) is 6.13. The van der Waals surface area contributed by atoms with Crippen molar-refractivity contribution in [3.8, 4) is 17.6 Å². The molecule has 1 N–H and O–H groups in total. The van der Waals surface area contributed by atoms with E-state index >= 15 is 0 Å². The summed E-state index contributed by atoms with van der Waals surface area (Å²) in [6.45, 7) is -0.0286. The van der Waals surface area contributed by atoms with Crippen LogP contribution in [0.25, 0.3) is 10.9 Å². The molecule has 0 saturated carbocycles. The lowest BCUT2D eigenvalue weighted by Crippen LogP contribution is -2.25. The molecule has 3 rings (SSSR count). The number of nitrogens with one attached hydrogen (secondary N) is 1. The molecule has 2 aromatic heterocycles. The molecule has 144 valence electrons. The first-order valence-corrected chi connectivity index (χ1v) is 10.5. The molecule has 0 amide bonds. The number of hydrogen-bond acceptors (Lipinski definition) is 7. The summed E-state index contributed by atoms with van der Waals surface area (Å²) in [6.07, 6.45) is 1.68. The number of fused-ring (bicyclic) bond motifs is 1. The molecule has 7 nitrogen and oxygen atoms in total. The van der Waals surface area contributed by atoms with Gasteiger partial charge in [0, 0.05) is 11.6 Å². The lowest BCUT2D eigenvalue weighted by molar-refractivity contribution is 0.0602. The SMILES string of the molecule is COC(=O)c1sccc1S(=O)(=O)NCC#CCOc1cccc2cccnc12. The van der Waals surface area contributed by atoms with Gasteiger partial charge in [-0.1, -0.05) is 30.0 Å². The number of carbonyl (C=O) groups is 1. The molecular formula is C19H16N2O5S2. The van der Waals surface area contributed by atoms with Crippen molar-refractivity contribution >= 4 is 38.2 Å². The second kappa shape index (κ2) is 8.84. The van der Waals surface area contributed by atoms with E-state index < -0.39 is 16.0 Å². The molecule has 0 saturated heterocycles. The highest BCUT2D eigenvalue weighted by atomic mass is 32.2. The van der Waals surface area contributed by atoms with Crippen LogP contribution in [-0.2, 0) is 14.8 Å². The van der Waals surface area contributed by atoms with Crippen LogP contribution in [0.2, 0.25) is 0 Å². The lowest BCUT2D eigenvalue weighted by atomic mass is 10.2. The highest BCUT2D eigenvalue weighted by molar-refractivity contribution is 7.89. The number of pyridine rings is 1. The molecule has 0 aliphatic carbocycles. The number of benzene rings is 1. The lowest BCUT2D eigenvalue weighted by Gasteiger charge is -2.05. The van der Waals surface area contributed by atoms with Crippen LogP contribution >= 0.6 is 11.3 Å². The van der Waals surface area contributed by atoms with Crippen molar-refractivity contribution in [2.24, 2.45) is 0 Å². The summed E-state index contributed by atoms with van der Waals surface area (Å²) in [5.74, 6) is 5.34. The first-order valence-electron chi connectivity index (χ1n) is 8.10. The Hall–Kier alpha value is -2.93. The van der Waals surface area contributed by atoms with Crippen LogP contribution in [0.1, 0.15) is 9.67 Å². The molecule has 1 aromatic carbocycles. The number of para-hydroxylation sites is 1. The average Bonchev–Trinajstić information content (AvgIpc) is 3.21. The van der Waals surface area contributed by atoms with Crippen LogP contribution < -0.4 is 9.46 Å². The van der Waals surface area contributed by atoms with Gasteiger partial charge in [-0.2, -0.15) is 4.72 Å². The maximum absolute atomic E-state index is 12.3. The van der Waals surface area contributed by atoms with Crippen LogP contribution in [0.5, 0.6) is 5.75 Å². The van der Waals surface area contributed by atoms with Gasteiger partial charge in [-0.05, 0) is 23.6 Å². The highest BCUT2D eigenvalue weighted by Gasteiger charge is 2.23. The van der Waals surface area contributed by atoms with E-state index in [1.54, 1.807) is 12.3 Å². The Balaban J connectivity index is 1.58. The number of hydrogen-bond donors (Lipinski definition) is 1. The van der Waals surface area contributed by atoms with Gasteiger partial charge in [0.15, 0.2) is 0 Å². The molecule has 0 radical (unpaired) electrons. The fourth-order valence-corrected chi connectivity index (χ4v) is 4.64. The zero-order valence-corrected chi connectivity index (χ0v) is 16.5. The molecule has 0 aliphatic rings. The molecule has 3 aromatic rings. The van der Waals surface area contributed by atoms with E-state index in [0.29, 0.717) is 5.75 Å². The molecule has 0 bridgehead atoms. The van der Waals surface area contributed by atoms with Crippen LogP contribution in [0.15, 0.2) is 52.9 Å². The van der Waals surface area contributed by atoms with Gasteiger partial charge in [0.05, 0.1) is 13.7 Å². The Bertz CT molecular complexity index is 1150. The predicted octanol–water partition coefficient (Wildman–Crippen LogP) is 2.44. The quantitative estimate of drug-likeness (QED) is 0.490. The normalized spacial score (nSPS) is 10.9. The number of carbonyl (C=O) groups excluding carboxylic acids is 1. The van der Waals surface area contributed by atoms with E-state index in [2.05, 4.69) is 26.3 Å². The molecule has 0 atom stereocenters. The number of aromatic nitrogens is 1. The van der Waals surface area contributed by atoms with Crippen molar-refractivity contribution in [2.75, 3.05) is 20.3 Å². The second-order valence-corrected chi connectivity index (χ2v) is 8.06. The predicted molar refractivity (Wildman–Crippen MR) is 106 cm³/mol. The van der Waals surface area contributed by atoms with Gasteiger partial charge in [0.2, 0.25) is 10.0 Å². The Kier molecular flexibility index (Phi) is 6.26. The number of nitrogens with zero attached hydrogens (tertiary/aromatic N) is 1. The maximum atomic E-state index is 12.3. The molecular weight excluding hydrogens is 400 g/mol. The molecule has 2 heterocycles. The number of esters is 1. The summed E-state index contributed by atoms with van der Waals surface area (Å²) in [7, 11) is -2.67. The number of rotatable bonds is 6. The standard InChI is InChI=1S/C19H16N2O5S2/c1-25-19(22)18-16(9-13-27-18)28(23,24)21-11-2-3-12-26-15-8-4-6-14-7-5-10-20-17(14)15/h4-10,13,21H,11-12H2,1H3. The third-order valence-electron chi connectivity index (χ3n) is 3.66. The molecule has 9 heteroatoms. The van der Waals surface area contributed by atoms with E-state index in [1.165, 1.54) is 18.6 Å². The molecule has 0 spiro atoms. The minimum Gasteiger partial charge on any atom is -0.479 e. The van der Waals surface area contributed by atoms with Crippen molar-refractivity contribution in [2.45, 2.75) is 4.90 Å². The first kappa shape index (κ1) is 19.8. The molecule has 0 fully saturated rings. The van der Waals surface area contributed by atoms with Crippen molar-refractivity contribution in [3.05, 3.63) is 52.9 Å². The smallest absolute Gasteiger partial charge is 0.349 e. The minimum absolute atomic E-state index is 0.0229. The summed E-state index contributed by atoms with van der Waals surface area (Å²) in [5.41, 5.74) is 0.736. The fraction of sp³-hybridized carbons (Fsp3) is 0.158. The Morgan fingerprint density at radius 1 is 1.21 bits per heavy atom. The number of sulfonamides is 1. The summed E-state index contributed by atoms with van der Waals surface area (Å²) in [5, 5.41) is 2.47. The van der Waals surface area contributed by atoms with Crippen molar-refractivity contribution in [1.82, 2.24) is 9.71 Å². The largest absolute Gasteiger partial charge is 0.479 e. The van der Waals surface area contributed by atoms with Gasteiger partial charge in [-0.25, -0.2) is 13.2 Å². The topological polar surface area (TPSA) is 94.6 Å². The highest BCUT2D eigenvalue weighted by Crippen LogP contribution is 2.23. The van der Waals surface area contributed by atoms with Gasteiger partial charge in [-0.3, -0.25) is 4.98 Å². The average molecular weight is 416 g/mol.